The highest BCUT2D eigenvalue weighted by Crippen LogP contribution is 2.12. The largest absolute Gasteiger partial charge is 0.390 e. The van der Waals surface area contributed by atoms with Gasteiger partial charge in [-0.15, -0.1) is 0 Å². The van der Waals surface area contributed by atoms with Crippen molar-refractivity contribution < 1.29 is 19.4 Å². The molecule has 2 aromatic carbocycles. The molecule has 1 saturated heterocycles. The first kappa shape index (κ1) is 30.8. The highest BCUT2D eigenvalue weighted by Gasteiger charge is 2.23. The van der Waals surface area contributed by atoms with Crippen LogP contribution in [0.15, 0.2) is 54.6 Å². The second kappa shape index (κ2) is 17.0. The van der Waals surface area contributed by atoms with Crippen molar-refractivity contribution in [3.63, 3.8) is 0 Å². The molecule has 1 heterocycles. The molecular formula is C31H46N4O4. The van der Waals surface area contributed by atoms with Gasteiger partial charge in [-0.1, -0.05) is 50.2 Å². The van der Waals surface area contributed by atoms with Crippen LogP contribution >= 0.6 is 0 Å². The average molecular weight is 539 g/mol. The third-order valence-electron chi connectivity index (χ3n) is 7.01. The molecule has 0 saturated carbocycles. The molecule has 1 aliphatic heterocycles. The minimum Gasteiger partial charge on any atom is -0.390 e. The van der Waals surface area contributed by atoms with Gasteiger partial charge >= 0.3 is 0 Å². The van der Waals surface area contributed by atoms with E-state index in [4.69, 9.17) is 4.74 Å². The molecule has 8 heteroatoms. The van der Waals surface area contributed by atoms with Crippen LogP contribution in [0.1, 0.15) is 59.4 Å². The molecule has 0 aliphatic carbocycles. The van der Waals surface area contributed by atoms with Crippen LogP contribution in [0.3, 0.4) is 0 Å². The summed E-state index contributed by atoms with van der Waals surface area (Å²) < 4.78 is 5.40. The van der Waals surface area contributed by atoms with E-state index in [0.717, 1.165) is 64.2 Å². The summed E-state index contributed by atoms with van der Waals surface area (Å²) in [6, 6.07) is 16.3. The van der Waals surface area contributed by atoms with E-state index < -0.39 is 12.1 Å². The van der Waals surface area contributed by atoms with Crippen LogP contribution in [0.25, 0.3) is 0 Å². The molecule has 0 aromatic heterocycles. The quantitative estimate of drug-likeness (QED) is 0.285. The molecule has 0 unspecified atom stereocenters. The molecular weight excluding hydrogens is 492 g/mol. The van der Waals surface area contributed by atoms with Gasteiger partial charge in [0, 0.05) is 43.9 Å². The molecule has 0 spiro atoms. The zero-order valence-corrected chi connectivity index (χ0v) is 23.6. The molecule has 3 N–H and O–H groups in total. The number of aliphatic hydroxyl groups is 1. The summed E-state index contributed by atoms with van der Waals surface area (Å²) in [6.45, 7) is 11.2. The van der Waals surface area contributed by atoms with E-state index in [1.165, 1.54) is 0 Å². The Morgan fingerprint density at radius 1 is 1.00 bits per heavy atom. The lowest BCUT2D eigenvalue weighted by Crippen LogP contribution is -2.49. The first-order valence-corrected chi connectivity index (χ1v) is 14.4. The molecule has 2 atom stereocenters. The standard InChI is InChI=1S/C31H46N4O4/c1-3-15-35(16-4-2)31(38)27-13-8-12-26(23-27)30(37)33-28(22-25-10-6-5-7-11-25)29(36)24-32-14-9-17-34-18-20-39-21-19-34/h5-8,10-13,23,28-29,32,36H,3-4,9,14-22,24H2,1-2H3,(H,33,37)/t28-,29+/m0/s1. The summed E-state index contributed by atoms with van der Waals surface area (Å²) in [7, 11) is 0. The number of ether oxygens (including phenoxy) is 1. The number of rotatable bonds is 16. The molecule has 8 nitrogen and oxygen atoms in total. The minimum atomic E-state index is -0.771. The van der Waals surface area contributed by atoms with Crippen LogP contribution in [0.4, 0.5) is 0 Å². The van der Waals surface area contributed by atoms with Crippen LogP contribution in [0.2, 0.25) is 0 Å². The molecule has 1 fully saturated rings. The van der Waals surface area contributed by atoms with Gasteiger partial charge in [0.25, 0.3) is 11.8 Å². The fourth-order valence-electron chi connectivity index (χ4n) is 4.88. The number of amides is 2. The lowest BCUT2D eigenvalue weighted by atomic mass is 10.00. The van der Waals surface area contributed by atoms with Gasteiger partial charge in [0.2, 0.25) is 0 Å². The smallest absolute Gasteiger partial charge is 0.253 e. The van der Waals surface area contributed by atoms with E-state index in [1.54, 1.807) is 24.3 Å². The van der Waals surface area contributed by atoms with E-state index in [0.29, 0.717) is 37.2 Å². The molecule has 214 valence electrons. The molecule has 1 aliphatic rings. The Kier molecular flexibility index (Phi) is 13.4. The third-order valence-corrected chi connectivity index (χ3v) is 7.01. The predicted molar refractivity (Wildman–Crippen MR) is 155 cm³/mol. The van der Waals surface area contributed by atoms with Crippen molar-refractivity contribution in [1.82, 2.24) is 20.4 Å². The van der Waals surface area contributed by atoms with Crippen molar-refractivity contribution in [2.75, 3.05) is 59.0 Å². The van der Waals surface area contributed by atoms with Crippen molar-refractivity contribution >= 4 is 11.8 Å². The third kappa shape index (κ3) is 10.4. The Balaban J connectivity index is 1.61. The number of carbonyl (C=O) groups excluding carboxylic acids is 2. The van der Waals surface area contributed by atoms with Crippen LogP contribution in [-0.2, 0) is 11.2 Å². The van der Waals surface area contributed by atoms with Crippen LogP contribution in [0, 0.1) is 0 Å². The molecule has 2 aromatic rings. The zero-order valence-electron chi connectivity index (χ0n) is 23.6. The monoisotopic (exact) mass is 538 g/mol. The number of hydrogen-bond donors (Lipinski definition) is 3. The highest BCUT2D eigenvalue weighted by molar-refractivity contribution is 5.99. The Hall–Kier alpha value is -2.78. The Bertz CT molecular complexity index is 991. The van der Waals surface area contributed by atoms with Gasteiger partial charge in [0.05, 0.1) is 25.4 Å². The van der Waals surface area contributed by atoms with Crippen LogP contribution in [0.5, 0.6) is 0 Å². The van der Waals surface area contributed by atoms with Crippen molar-refractivity contribution in [3.05, 3.63) is 71.3 Å². The van der Waals surface area contributed by atoms with Gasteiger partial charge in [0.1, 0.15) is 0 Å². The maximum atomic E-state index is 13.3. The summed E-state index contributed by atoms with van der Waals surface area (Å²) in [4.78, 5) is 30.6. The molecule has 2 amide bonds. The summed E-state index contributed by atoms with van der Waals surface area (Å²) in [6.07, 6.45) is 2.48. The number of nitrogens with zero attached hydrogens (tertiary/aromatic N) is 2. The summed E-state index contributed by atoms with van der Waals surface area (Å²) >= 11 is 0. The maximum Gasteiger partial charge on any atom is 0.253 e. The fraction of sp³-hybridized carbons (Fsp3) is 0.548. The molecule has 3 rings (SSSR count). The van der Waals surface area contributed by atoms with Gasteiger partial charge in [-0.2, -0.15) is 0 Å². The number of carbonyl (C=O) groups is 2. The van der Waals surface area contributed by atoms with Gasteiger partial charge in [-0.05, 0) is 62.5 Å². The predicted octanol–water partition coefficient (Wildman–Crippen LogP) is 2.96. The first-order chi connectivity index (χ1) is 19.0. The van der Waals surface area contributed by atoms with Crippen molar-refractivity contribution in [1.29, 1.82) is 0 Å². The SMILES string of the molecule is CCCN(CCC)C(=O)c1cccc(C(=O)N[C@@H](Cc2ccccc2)[C@H](O)CNCCCN2CCOCC2)c1. The molecule has 0 radical (unpaired) electrons. The minimum absolute atomic E-state index is 0.0597. The maximum absolute atomic E-state index is 13.3. The summed E-state index contributed by atoms with van der Waals surface area (Å²) in [5, 5.41) is 17.5. The van der Waals surface area contributed by atoms with Crippen molar-refractivity contribution in [3.8, 4) is 0 Å². The van der Waals surface area contributed by atoms with E-state index >= 15 is 0 Å². The topological polar surface area (TPSA) is 94.1 Å². The highest BCUT2D eigenvalue weighted by atomic mass is 16.5. The van der Waals surface area contributed by atoms with E-state index in [1.807, 2.05) is 35.2 Å². The van der Waals surface area contributed by atoms with Gasteiger partial charge < -0.3 is 25.4 Å². The summed E-state index contributed by atoms with van der Waals surface area (Å²) in [5.41, 5.74) is 1.96. The number of benzene rings is 2. The number of aliphatic hydroxyl groups excluding tert-OH is 1. The Morgan fingerprint density at radius 3 is 2.38 bits per heavy atom. The van der Waals surface area contributed by atoms with Crippen LogP contribution < -0.4 is 10.6 Å². The average Bonchev–Trinajstić information content (AvgIpc) is 2.97. The number of morpholine rings is 1. The normalized spacial score (nSPS) is 15.5. The molecule has 39 heavy (non-hydrogen) atoms. The van der Waals surface area contributed by atoms with E-state index in [-0.39, 0.29) is 11.8 Å². The van der Waals surface area contributed by atoms with E-state index in [2.05, 4.69) is 29.4 Å². The Morgan fingerprint density at radius 2 is 1.69 bits per heavy atom. The second-order valence-corrected chi connectivity index (χ2v) is 10.2. The lowest BCUT2D eigenvalue weighted by molar-refractivity contribution is 0.0373. The van der Waals surface area contributed by atoms with Gasteiger partial charge in [0.15, 0.2) is 0 Å². The first-order valence-electron chi connectivity index (χ1n) is 14.4. The fourth-order valence-corrected chi connectivity index (χ4v) is 4.88. The Labute approximate surface area is 233 Å². The summed E-state index contributed by atoms with van der Waals surface area (Å²) in [5.74, 6) is -0.356. The number of nitrogens with one attached hydrogen (secondary N) is 2. The number of hydrogen-bond acceptors (Lipinski definition) is 6. The molecule has 0 bridgehead atoms. The van der Waals surface area contributed by atoms with Crippen molar-refractivity contribution in [2.24, 2.45) is 0 Å². The zero-order chi connectivity index (χ0) is 27.9. The second-order valence-electron chi connectivity index (χ2n) is 10.2. The van der Waals surface area contributed by atoms with Crippen molar-refractivity contribution in [2.45, 2.75) is 51.7 Å². The lowest BCUT2D eigenvalue weighted by Gasteiger charge is -2.27. The van der Waals surface area contributed by atoms with Crippen LogP contribution in [-0.4, -0.2) is 97.9 Å². The van der Waals surface area contributed by atoms with Gasteiger partial charge in [-0.3, -0.25) is 14.5 Å². The van der Waals surface area contributed by atoms with E-state index in [9.17, 15) is 14.7 Å². The van der Waals surface area contributed by atoms with Gasteiger partial charge in [-0.25, -0.2) is 0 Å².